The summed E-state index contributed by atoms with van der Waals surface area (Å²) in [5.41, 5.74) is 2.69. The molecule has 0 aliphatic heterocycles. The van der Waals surface area contributed by atoms with Gasteiger partial charge in [-0.15, -0.1) is 0 Å². The lowest BCUT2D eigenvalue weighted by atomic mass is 9.84. The molecular weight excluding hydrogens is 348 g/mol. The van der Waals surface area contributed by atoms with Crippen LogP contribution in [-0.2, 0) is 0 Å². The van der Waals surface area contributed by atoms with Gasteiger partial charge in [-0.2, -0.15) is 0 Å². The summed E-state index contributed by atoms with van der Waals surface area (Å²) in [5.74, 6) is 2.36. The van der Waals surface area contributed by atoms with E-state index in [1.54, 1.807) is 0 Å². The maximum Gasteiger partial charge on any atom is 0.519 e. The molecule has 2 aliphatic rings. The van der Waals surface area contributed by atoms with Crippen molar-refractivity contribution < 1.29 is 14.3 Å². The fourth-order valence-electron chi connectivity index (χ4n) is 4.70. The topological polar surface area (TPSA) is 35.5 Å². The molecule has 0 amide bonds. The van der Waals surface area contributed by atoms with Crippen LogP contribution in [0.3, 0.4) is 0 Å². The summed E-state index contributed by atoms with van der Waals surface area (Å²) < 4.78 is 10.7. The number of carbonyl (C=O) groups is 1. The molecule has 0 heterocycles. The lowest BCUT2D eigenvalue weighted by Gasteiger charge is -2.22. The Hall–Kier alpha value is -2.29. The number of hydrogen-bond donors (Lipinski definition) is 0. The molecule has 0 saturated heterocycles. The second kappa shape index (κ2) is 9.27. The summed E-state index contributed by atoms with van der Waals surface area (Å²) in [4.78, 5) is 12.1. The third kappa shape index (κ3) is 4.95. The molecule has 2 saturated carbocycles. The van der Waals surface area contributed by atoms with E-state index in [1.165, 1.54) is 75.3 Å². The van der Waals surface area contributed by atoms with Gasteiger partial charge in [0, 0.05) is 0 Å². The lowest BCUT2D eigenvalue weighted by molar-refractivity contribution is 0.152. The van der Waals surface area contributed by atoms with Crippen molar-refractivity contribution >= 4 is 6.16 Å². The zero-order chi connectivity index (χ0) is 19.2. The maximum absolute atomic E-state index is 12.1. The highest BCUT2D eigenvalue weighted by atomic mass is 16.7. The first-order valence-corrected chi connectivity index (χ1v) is 10.9. The highest BCUT2D eigenvalue weighted by Crippen LogP contribution is 2.34. The molecule has 2 aliphatic carbocycles. The molecule has 0 N–H and O–H groups in total. The fraction of sp³-hybridized carbons (Fsp3) is 0.480. The van der Waals surface area contributed by atoms with E-state index in [0.29, 0.717) is 23.3 Å². The van der Waals surface area contributed by atoms with Crippen LogP contribution >= 0.6 is 0 Å². The summed E-state index contributed by atoms with van der Waals surface area (Å²) in [6.07, 6.45) is 12.3. The molecule has 3 heteroatoms. The van der Waals surface area contributed by atoms with Gasteiger partial charge in [-0.05, 0) is 72.9 Å². The third-order valence-electron chi connectivity index (χ3n) is 6.32. The minimum Gasteiger partial charge on any atom is -0.395 e. The van der Waals surface area contributed by atoms with Crippen LogP contribution in [0.25, 0.3) is 0 Å². The van der Waals surface area contributed by atoms with Gasteiger partial charge in [0.15, 0.2) is 0 Å². The van der Waals surface area contributed by atoms with E-state index in [2.05, 4.69) is 24.3 Å². The summed E-state index contributed by atoms with van der Waals surface area (Å²) in [5, 5.41) is 0. The Labute approximate surface area is 168 Å². The van der Waals surface area contributed by atoms with Crippen LogP contribution in [0, 0.1) is 0 Å². The number of rotatable bonds is 4. The molecule has 2 aromatic rings. The van der Waals surface area contributed by atoms with E-state index >= 15 is 0 Å². The average Bonchev–Trinajstić information content (AvgIpc) is 2.76. The van der Waals surface area contributed by atoms with Crippen molar-refractivity contribution in [3.8, 4) is 11.5 Å². The Morgan fingerprint density at radius 3 is 1.29 bits per heavy atom. The van der Waals surface area contributed by atoms with Crippen molar-refractivity contribution in [2.24, 2.45) is 0 Å². The Kier molecular flexibility index (Phi) is 6.31. The van der Waals surface area contributed by atoms with Crippen molar-refractivity contribution in [3.05, 3.63) is 59.7 Å². The van der Waals surface area contributed by atoms with Gasteiger partial charge in [-0.1, -0.05) is 62.8 Å². The van der Waals surface area contributed by atoms with Crippen molar-refractivity contribution in [3.63, 3.8) is 0 Å². The average molecular weight is 379 g/mol. The van der Waals surface area contributed by atoms with Gasteiger partial charge in [0.1, 0.15) is 11.5 Å². The molecular formula is C25H30O3. The van der Waals surface area contributed by atoms with E-state index in [4.69, 9.17) is 9.47 Å². The number of hydrogen-bond acceptors (Lipinski definition) is 3. The standard InChI is InChI=1S/C25H30O3/c26-25(27-23-15-11-21(12-16-23)19-7-3-1-4-8-19)28-24-17-13-22(14-18-24)20-9-5-2-6-10-20/h11-20H,1-10H2. The molecule has 0 atom stereocenters. The Bertz CT molecular complexity index is 686. The lowest BCUT2D eigenvalue weighted by Crippen LogP contribution is -2.14. The summed E-state index contributed by atoms with van der Waals surface area (Å²) in [6.45, 7) is 0. The van der Waals surface area contributed by atoms with Crippen LogP contribution in [-0.4, -0.2) is 6.16 Å². The first kappa shape index (κ1) is 19.0. The van der Waals surface area contributed by atoms with Gasteiger partial charge in [-0.3, -0.25) is 0 Å². The SMILES string of the molecule is O=C(Oc1ccc(C2CCCCC2)cc1)Oc1ccc(C2CCCCC2)cc1. The maximum atomic E-state index is 12.1. The third-order valence-corrected chi connectivity index (χ3v) is 6.32. The molecule has 0 unspecified atom stereocenters. The zero-order valence-corrected chi connectivity index (χ0v) is 16.6. The molecule has 0 spiro atoms. The van der Waals surface area contributed by atoms with E-state index in [0.717, 1.165) is 0 Å². The van der Waals surface area contributed by atoms with Crippen LogP contribution in [0.5, 0.6) is 11.5 Å². The zero-order valence-electron chi connectivity index (χ0n) is 16.6. The van der Waals surface area contributed by atoms with Crippen LogP contribution in [0.2, 0.25) is 0 Å². The van der Waals surface area contributed by atoms with E-state index in [-0.39, 0.29) is 0 Å². The Morgan fingerprint density at radius 2 is 0.929 bits per heavy atom. The second-order valence-corrected chi connectivity index (χ2v) is 8.26. The molecule has 0 bridgehead atoms. The number of carbonyl (C=O) groups excluding carboxylic acids is 1. The van der Waals surface area contributed by atoms with Gasteiger partial charge in [-0.25, -0.2) is 4.79 Å². The minimum atomic E-state index is -0.684. The van der Waals surface area contributed by atoms with Crippen LogP contribution in [0.1, 0.15) is 87.2 Å². The monoisotopic (exact) mass is 378 g/mol. The smallest absolute Gasteiger partial charge is 0.395 e. The van der Waals surface area contributed by atoms with Gasteiger partial charge >= 0.3 is 6.16 Å². The molecule has 148 valence electrons. The number of benzene rings is 2. The van der Waals surface area contributed by atoms with Crippen molar-refractivity contribution in [1.82, 2.24) is 0 Å². The first-order chi connectivity index (χ1) is 13.8. The molecule has 2 aromatic carbocycles. The van der Waals surface area contributed by atoms with Crippen molar-refractivity contribution in [1.29, 1.82) is 0 Å². The summed E-state index contributed by atoms with van der Waals surface area (Å²) in [7, 11) is 0. The highest BCUT2D eigenvalue weighted by molar-refractivity contribution is 5.67. The number of ether oxygens (including phenoxy) is 2. The van der Waals surface area contributed by atoms with Gasteiger partial charge in [0.25, 0.3) is 0 Å². The minimum absolute atomic E-state index is 0.531. The fourth-order valence-corrected chi connectivity index (χ4v) is 4.70. The van der Waals surface area contributed by atoms with Crippen LogP contribution < -0.4 is 9.47 Å². The van der Waals surface area contributed by atoms with Crippen LogP contribution in [0.15, 0.2) is 48.5 Å². The molecule has 2 fully saturated rings. The van der Waals surface area contributed by atoms with E-state index in [9.17, 15) is 4.79 Å². The summed E-state index contributed by atoms with van der Waals surface area (Å²) in [6, 6.07) is 15.8. The molecule has 3 nitrogen and oxygen atoms in total. The molecule has 0 radical (unpaired) electrons. The van der Waals surface area contributed by atoms with Gasteiger partial charge < -0.3 is 9.47 Å². The van der Waals surface area contributed by atoms with Crippen molar-refractivity contribution in [2.75, 3.05) is 0 Å². The summed E-state index contributed by atoms with van der Waals surface area (Å²) >= 11 is 0. The molecule has 4 rings (SSSR count). The second-order valence-electron chi connectivity index (χ2n) is 8.26. The van der Waals surface area contributed by atoms with Crippen LogP contribution in [0.4, 0.5) is 4.79 Å². The Balaban J connectivity index is 1.30. The largest absolute Gasteiger partial charge is 0.519 e. The highest BCUT2D eigenvalue weighted by Gasteiger charge is 2.17. The quantitative estimate of drug-likeness (QED) is 0.412. The van der Waals surface area contributed by atoms with Gasteiger partial charge in [0.2, 0.25) is 0 Å². The Morgan fingerprint density at radius 1 is 0.571 bits per heavy atom. The predicted molar refractivity (Wildman–Crippen MR) is 111 cm³/mol. The van der Waals surface area contributed by atoms with E-state index in [1.807, 2.05) is 24.3 Å². The molecule has 0 aromatic heterocycles. The normalized spacial score (nSPS) is 18.6. The first-order valence-electron chi connectivity index (χ1n) is 10.9. The van der Waals surface area contributed by atoms with Gasteiger partial charge in [0.05, 0.1) is 0 Å². The van der Waals surface area contributed by atoms with E-state index < -0.39 is 6.16 Å². The predicted octanol–water partition coefficient (Wildman–Crippen LogP) is 7.36. The van der Waals surface area contributed by atoms with Crippen molar-refractivity contribution in [2.45, 2.75) is 76.0 Å². The molecule has 28 heavy (non-hydrogen) atoms.